The van der Waals surface area contributed by atoms with Crippen LogP contribution in [0, 0.1) is 18.3 Å². The summed E-state index contributed by atoms with van der Waals surface area (Å²) in [5.74, 6) is -0.322. The van der Waals surface area contributed by atoms with E-state index in [0.29, 0.717) is 16.9 Å². The van der Waals surface area contributed by atoms with Crippen molar-refractivity contribution in [2.75, 3.05) is 10.6 Å². The van der Waals surface area contributed by atoms with Gasteiger partial charge in [0.05, 0.1) is 23.5 Å². The van der Waals surface area contributed by atoms with E-state index in [2.05, 4.69) is 15.6 Å². The van der Waals surface area contributed by atoms with E-state index in [1.807, 2.05) is 37.3 Å². The zero-order chi connectivity index (χ0) is 17.6. The molecule has 2 aromatic carbocycles. The zero-order valence-corrected chi connectivity index (χ0v) is 13.7. The van der Waals surface area contributed by atoms with Crippen molar-refractivity contribution in [3.05, 3.63) is 83.7 Å². The number of amides is 1. The Hall–Kier alpha value is -3.65. The summed E-state index contributed by atoms with van der Waals surface area (Å²) in [7, 11) is 0. The van der Waals surface area contributed by atoms with E-state index in [1.54, 1.807) is 42.6 Å². The molecule has 5 nitrogen and oxygen atoms in total. The lowest BCUT2D eigenvalue weighted by molar-refractivity contribution is 0.102. The number of aromatic nitrogens is 1. The molecule has 0 radical (unpaired) electrons. The number of anilines is 3. The molecule has 0 saturated heterocycles. The zero-order valence-electron chi connectivity index (χ0n) is 13.7. The van der Waals surface area contributed by atoms with Crippen molar-refractivity contribution in [3.8, 4) is 6.07 Å². The predicted octanol–water partition coefficient (Wildman–Crippen LogP) is 4.26. The minimum Gasteiger partial charge on any atom is -0.354 e. The number of para-hydroxylation sites is 1. The number of hydrogen-bond acceptors (Lipinski definition) is 4. The number of carbonyl (C=O) groups is 1. The van der Waals surface area contributed by atoms with Crippen molar-refractivity contribution in [2.45, 2.75) is 6.92 Å². The summed E-state index contributed by atoms with van der Waals surface area (Å²) in [4.78, 5) is 16.5. The first-order valence-corrected chi connectivity index (χ1v) is 7.76. The van der Waals surface area contributed by atoms with Crippen LogP contribution >= 0.6 is 0 Å². The Balaban J connectivity index is 1.70. The number of hydrogen-bond donors (Lipinski definition) is 2. The molecule has 1 aromatic heterocycles. The van der Waals surface area contributed by atoms with E-state index in [0.717, 1.165) is 16.9 Å². The monoisotopic (exact) mass is 328 g/mol. The molecule has 3 rings (SSSR count). The van der Waals surface area contributed by atoms with Crippen LogP contribution in [0.5, 0.6) is 0 Å². The van der Waals surface area contributed by atoms with Crippen LogP contribution in [0.2, 0.25) is 0 Å². The van der Waals surface area contributed by atoms with E-state index in [1.165, 1.54) is 0 Å². The van der Waals surface area contributed by atoms with Gasteiger partial charge in [0.25, 0.3) is 5.91 Å². The molecule has 3 aromatic rings. The van der Waals surface area contributed by atoms with Gasteiger partial charge in [-0.1, -0.05) is 24.3 Å². The molecule has 0 bridgehead atoms. The molecule has 0 atom stereocenters. The Kier molecular flexibility index (Phi) is 4.72. The maximum atomic E-state index is 12.3. The van der Waals surface area contributed by atoms with Gasteiger partial charge in [0, 0.05) is 11.4 Å². The molecular formula is C20H16N4O. The molecule has 0 aliphatic carbocycles. The van der Waals surface area contributed by atoms with Crippen molar-refractivity contribution in [1.29, 1.82) is 5.26 Å². The number of nitriles is 1. The van der Waals surface area contributed by atoms with Gasteiger partial charge in [0.2, 0.25) is 0 Å². The Morgan fingerprint density at radius 3 is 2.60 bits per heavy atom. The van der Waals surface area contributed by atoms with Gasteiger partial charge in [-0.15, -0.1) is 0 Å². The molecule has 2 N–H and O–H groups in total. The second kappa shape index (κ2) is 7.28. The molecule has 0 aliphatic heterocycles. The second-order valence-corrected chi connectivity index (χ2v) is 5.52. The van der Waals surface area contributed by atoms with Gasteiger partial charge in [-0.2, -0.15) is 5.26 Å². The lowest BCUT2D eigenvalue weighted by atomic mass is 10.2. The number of aryl methyl sites for hydroxylation is 1. The van der Waals surface area contributed by atoms with Crippen molar-refractivity contribution in [3.63, 3.8) is 0 Å². The van der Waals surface area contributed by atoms with Crippen LogP contribution in [0.1, 0.15) is 21.6 Å². The highest BCUT2D eigenvalue weighted by Crippen LogP contribution is 2.19. The average molecular weight is 328 g/mol. The number of pyridine rings is 1. The topological polar surface area (TPSA) is 77.8 Å². The van der Waals surface area contributed by atoms with E-state index >= 15 is 0 Å². The summed E-state index contributed by atoms with van der Waals surface area (Å²) in [6, 6.07) is 20.2. The summed E-state index contributed by atoms with van der Waals surface area (Å²) >= 11 is 0. The highest BCUT2D eigenvalue weighted by molar-refractivity contribution is 6.03. The SMILES string of the molecule is Cc1ccccc1Nc1ccc(C(=O)Nc2cccc(C#N)c2)nc1. The Morgan fingerprint density at radius 1 is 1.04 bits per heavy atom. The maximum absolute atomic E-state index is 12.3. The molecular weight excluding hydrogens is 312 g/mol. The first kappa shape index (κ1) is 16.2. The lowest BCUT2D eigenvalue weighted by Gasteiger charge is -2.09. The fourth-order valence-electron chi connectivity index (χ4n) is 2.33. The van der Waals surface area contributed by atoms with Gasteiger partial charge in [-0.05, 0) is 48.9 Å². The van der Waals surface area contributed by atoms with Crippen LogP contribution in [-0.2, 0) is 0 Å². The minimum atomic E-state index is -0.322. The molecule has 0 unspecified atom stereocenters. The van der Waals surface area contributed by atoms with E-state index < -0.39 is 0 Å². The highest BCUT2D eigenvalue weighted by atomic mass is 16.1. The molecule has 1 amide bonds. The number of benzene rings is 2. The summed E-state index contributed by atoms with van der Waals surface area (Å²) in [6.45, 7) is 2.02. The highest BCUT2D eigenvalue weighted by Gasteiger charge is 2.08. The summed E-state index contributed by atoms with van der Waals surface area (Å²) in [5, 5.41) is 14.9. The molecule has 122 valence electrons. The smallest absolute Gasteiger partial charge is 0.274 e. The normalized spacial score (nSPS) is 9.92. The van der Waals surface area contributed by atoms with Crippen LogP contribution in [-0.4, -0.2) is 10.9 Å². The van der Waals surface area contributed by atoms with Crippen LogP contribution in [0.3, 0.4) is 0 Å². The van der Waals surface area contributed by atoms with Crippen LogP contribution in [0.15, 0.2) is 66.9 Å². The summed E-state index contributed by atoms with van der Waals surface area (Å²) in [6.07, 6.45) is 1.62. The third-order valence-electron chi connectivity index (χ3n) is 3.67. The standard InChI is InChI=1S/C20H16N4O/c1-14-5-2-3-8-18(14)23-17-9-10-19(22-13-17)20(25)24-16-7-4-6-15(11-16)12-21/h2-11,13,23H,1H3,(H,24,25). The number of rotatable bonds is 4. The van der Waals surface area contributed by atoms with Crippen molar-refractivity contribution < 1.29 is 4.79 Å². The van der Waals surface area contributed by atoms with E-state index in [9.17, 15) is 4.79 Å². The van der Waals surface area contributed by atoms with Gasteiger partial charge in [-0.25, -0.2) is 4.98 Å². The maximum Gasteiger partial charge on any atom is 0.274 e. The number of carbonyl (C=O) groups excluding carboxylic acids is 1. The fraction of sp³-hybridized carbons (Fsp3) is 0.0500. The average Bonchev–Trinajstić information content (AvgIpc) is 2.64. The molecule has 0 aliphatic rings. The Labute approximate surface area is 146 Å². The summed E-state index contributed by atoms with van der Waals surface area (Å²) in [5.41, 5.74) is 4.28. The fourth-order valence-corrected chi connectivity index (χ4v) is 2.33. The second-order valence-electron chi connectivity index (χ2n) is 5.52. The van der Waals surface area contributed by atoms with Crippen molar-refractivity contribution in [2.24, 2.45) is 0 Å². The summed E-state index contributed by atoms with van der Waals surface area (Å²) < 4.78 is 0. The largest absolute Gasteiger partial charge is 0.354 e. The van der Waals surface area contributed by atoms with Gasteiger partial charge >= 0.3 is 0 Å². The predicted molar refractivity (Wildman–Crippen MR) is 97.8 cm³/mol. The Morgan fingerprint density at radius 2 is 1.88 bits per heavy atom. The number of nitrogens with zero attached hydrogens (tertiary/aromatic N) is 2. The molecule has 0 fully saturated rings. The molecule has 0 saturated carbocycles. The van der Waals surface area contributed by atoms with Crippen molar-refractivity contribution in [1.82, 2.24) is 4.98 Å². The van der Waals surface area contributed by atoms with E-state index in [4.69, 9.17) is 5.26 Å². The third-order valence-corrected chi connectivity index (χ3v) is 3.67. The van der Waals surface area contributed by atoms with E-state index in [-0.39, 0.29) is 5.91 Å². The van der Waals surface area contributed by atoms with Crippen LogP contribution < -0.4 is 10.6 Å². The first-order chi connectivity index (χ1) is 12.2. The Bertz CT molecular complexity index is 942. The van der Waals surface area contributed by atoms with Crippen molar-refractivity contribution >= 4 is 23.0 Å². The van der Waals surface area contributed by atoms with Gasteiger partial charge in [0.15, 0.2) is 0 Å². The number of nitrogens with one attached hydrogen (secondary N) is 2. The minimum absolute atomic E-state index is 0.303. The van der Waals surface area contributed by atoms with Crippen LogP contribution in [0.4, 0.5) is 17.1 Å². The quantitative estimate of drug-likeness (QED) is 0.750. The van der Waals surface area contributed by atoms with Crippen LogP contribution in [0.25, 0.3) is 0 Å². The molecule has 25 heavy (non-hydrogen) atoms. The molecule has 5 heteroatoms. The molecule has 1 heterocycles. The lowest BCUT2D eigenvalue weighted by Crippen LogP contribution is -2.13. The van der Waals surface area contributed by atoms with Gasteiger partial charge in [0.1, 0.15) is 5.69 Å². The van der Waals surface area contributed by atoms with Gasteiger partial charge < -0.3 is 10.6 Å². The van der Waals surface area contributed by atoms with Gasteiger partial charge in [-0.3, -0.25) is 4.79 Å². The first-order valence-electron chi connectivity index (χ1n) is 7.76. The molecule has 0 spiro atoms. The third kappa shape index (κ3) is 4.01.